The van der Waals surface area contributed by atoms with Crippen molar-refractivity contribution in [3.63, 3.8) is 0 Å². The highest BCUT2D eigenvalue weighted by molar-refractivity contribution is 5.72. The average molecular weight is 547 g/mol. The van der Waals surface area contributed by atoms with Crippen molar-refractivity contribution >= 4 is 5.97 Å². The summed E-state index contributed by atoms with van der Waals surface area (Å²) in [7, 11) is 0. The SMILES string of the molecule is C=CCO[C@@H]1[C@H](O)[C@H](OC(=O)C(C)CC)O[C@H](COC(c2ccccc2)(c2ccccc2)c2ccccc2)[C@H]1O. The summed E-state index contributed by atoms with van der Waals surface area (Å²) >= 11 is 0. The van der Waals surface area contributed by atoms with E-state index in [1.807, 2.05) is 97.9 Å². The van der Waals surface area contributed by atoms with Crippen molar-refractivity contribution in [3.05, 3.63) is 120 Å². The van der Waals surface area contributed by atoms with Gasteiger partial charge < -0.3 is 29.2 Å². The number of benzene rings is 3. The second-order valence-corrected chi connectivity index (χ2v) is 9.95. The summed E-state index contributed by atoms with van der Waals surface area (Å²) < 4.78 is 24.1. The summed E-state index contributed by atoms with van der Waals surface area (Å²) in [4.78, 5) is 12.6. The lowest BCUT2D eigenvalue weighted by Crippen LogP contribution is -2.61. The van der Waals surface area contributed by atoms with Crippen molar-refractivity contribution in [1.29, 1.82) is 0 Å². The van der Waals surface area contributed by atoms with Gasteiger partial charge in [0.25, 0.3) is 0 Å². The van der Waals surface area contributed by atoms with Crippen molar-refractivity contribution in [3.8, 4) is 0 Å². The van der Waals surface area contributed by atoms with Crippen LogP contribution in [0.2, 0.25) is 0 Å². The molecule has 7 heteroatoms. The molecular weight excluding hydrogens is 508 g/mol. The Bertz CT molecular complexity index is 1100. The summed E-state index contributed by atoms with van der Waals surface area (Å²) in [6.07, 6.45) is -3.99. The Morgan fingerprint density at radius 3 is 1.88 bits per heavy atom. The monoisotopic (exact) mass is 546 g/mol. The number of aliphatic hydroxyl groups excluding tert-OH is 2. The summed E-state index contributed by atoms with van der Waals surface area (Å²) in [5, 5.41) is 22.2. The molecule has 6 atom stereocenters. The van der Waals surface area contributed by atoms with E-state index < -0.39 is 42.3 Å². The van der Waals surface area contributed by atoms with Gasteiger partial charge in [0, 0.05) is 0 Å². The van der Waals surface area contributed by atoms with Gasteiger partial charge in [-0.1, -0.05) is 111 Å². The van der Waals surface area contributed by atoms with Gasteiger partial charge in [-0.05, 0) is 23.1 Å². The Hall–Kier alpha value is -3.33. The van der Waals surface area contributed by atoms with Crippen LogP contribution in [-0.2, 0) is 29.3 Å². The third-order valence-corrected chi connectivity index (χ3v) is 7.30. The fourth-order valence-corrected chi connectivity index (χ4v) is 4.89. The highest BCUT2D eigenvalue weighted by atomic mass is 16.7. The molecule has 40 heavy (non-hydrogen) atoms. The first kappa shape index (κ1) is 29.6. The number of aliphatic hydroxyl groups is 2. The second kappa shape index (κ2) is 13.8. The number of esters is 1. The second-order valence-electron chi connectivity index (χ2n) is 9.95. The van der Waals surface area contributed by atoms with E-state index in [0.29, 0.717) is 6.42 Å². The molecule has 0 spiro atoms. The van der Waals surface area contributed by atoms with Crippen LogP contribution in [0.15, 0.2) is 104 Å². The molecule has 1 fully saturated rings. The molecule has 0 radical (unpaired) electrons. The molecule has 1 unspecified atom stereocenters. The van der Waals surface area contributed by atoms with Crippen LogP contribution in [0.25, 0.3) is 0 Å². The number of hydrogen-bond donors (Lipinski definition) is 2. The summed E-state index contributed by atoms with van der Waals surface area (Å²) in [5.41, 5.74) is 1.61. The maximum Gasteiger partial charge on any atom is 0.311 e. The molecule has 212 valence electrons. The molecule has 1 saturated heterocycles. The van der Waals surface area contributed by atoms with Crippen molar-refractivity contribution in [1.82, 2.24) is 0 Å². The van der Waals surface area contributed by atoms with Gasteiger partial charge in [-0.25, -0.2) is 0 Å². The molecule has 0 amide bonds. The van der Waals surface area contributed by atoms with Crippen LogP contribution < -0.4 is 0 Å². The third-order valence-electron chi connectivity index (χ3n) is 7.30. The van der Waals surface area contributed by atoms with E-state index in [9.17, 15) is 15.0 Å². The van der Waals surface area contributed by atoms with Gasteiger partial charge in [0.2, 0.25) is 6.29 Å². The minimum Gasteiger partial charge on any atom is -0.433 e. The predicted octanol–water partition coefficient (Wildman–Crippen LogP) is 4.60. The van der Waals surface area contributed by atoms with Crippen LogP contribution in [0.3, 0.4) is 0 Å². The van der Waals surface area contributed by atoms with Gasteiger partial charge in [-0.2, -0.15) is 0 Å². The van der Waals surface area contributed by atoms with Crippen molar-refractivity contribution in [2.75, 3.05) is 13.2 Å². The molecule has 7 nitrogen and oxygen atoms in total. The number of carbonyl (C=O) groups excluding carboxylic acids is 1. The average Bonchev–Trinajstić information content (AvgIpc) is 3.00. The van der Waals surface area contributed by atoms with E-state index in [1.165, 1.54) is 6.08 Å². The lowest BCUT2D eigenvalue weighted by atomic mass is 9.80. The van der Waals surface area contributed by atoms with E-state index >= 15 is 0 Å². The number of ether oxygens (including phenoxy) is 4. The molecule has 1 aliphatic rings. The van der Waals surface area contributed by atoms with Gasteiger partial charge in [0.15, 0.2) is 0 Å². The smallest absolute Gasteiger partial charge is 0.311 e. The van der Waals surface area contributed by atoms with Crippen LogP contribution in [0.1, 0.15) is 37.0 Å². The largest absolute Gasteiger partial charge is 0.433 e. The minimum absolute atomic E-state index is 0.0837. The van der Waals surface area contributed by atoms with E-state index in [0.717, 1.165) is 16.7 Å². The van der Waals surface area contributed by atoms with E-state index in [4.69, 9.17) is 18.9 Å². The van der Waals surface area contributed by atoms with Gasteiger partial charge >= 0.3 is 5.97 Å². The highest BCUT2D eigenvalue weighted by Crippen LogP contribution is 2.41. The molecule has 2 N–H and O–H groups in total. The van der Waals surface area contributed by atoms with Crippen LogP contribution in [0.4, 0.5) is 0 Å². The fourth-order valence-electron chi connectivity index (χ4n) is 4.89. The zero-order chi connectivity index (χ0) is 28.5. The summed E-state index contributed by atoms with van der Waals surface area (Å²) in [6, 6.07) is 29.5. The number of carbonyl (C=O) groups is 1. The highest BCUT2D eigenvalue weighted by Gasteiger charge is 2.49. The van der Waals surface area contributed by atoms with Crippen molar-refractivity contribution in [2.24, 2.45) is 5.92 Å². The molecule has 0 saturated carbocycles. The van der Waals surface area contributed by atoms with E-state index in [-0.39, 0.29) is 19.1 Å². The van der Waals surface area contributed by atoms with Gasteiger partial charge in [0.1, 0.15) is 30.0 Å². The maximum atomic E-state index is 12.6. The van der Waals surface area contributed by atoms with Gasteiger partial charge in [-0.3, -0.25) is 4.79 Å². The normalized spacial score (nSPS) is 23.8. The van der Waals surface area contributed by atoms with Crippen molar-refractivity contribution < 1.29 is 34.0 Å². The zero-order valence-corrected chi connectivity index (χ0v) is 23.0. The van der Waals surface area contributed by atoms with Crippen LogP contribution >= 0.6 is 0 Å². The Morgan fingerprint density at radius 1 is 0.925 bits per heavy atom. The van der Waals surface area contributed by atoms with E-state index in [2.05, 4.69) is 6.58 Å². The molecule has 1 aliphatic heterocycles. The lowest BCUT2D eigenvalue weighted by Gasteiger charge is -2.43. The Balaban J connectivity index is 1.71. The fraction of sp³-hybridized carbons (Fsp3) is 0.364. The minimum atomic E-state index is -1.40. The quantitative estimate of drug-likeness (QED) is 0.195. The standard InChI is InChI=1S/C33H38O7/c1-4-21-37-30-28(34)27(39-32(29(30)35)40-31(36)23(3)5-2)22-38-33(24-15-9-6-10-16-24,25-17-11-7-12-18-25)26-19-13-8-14-20-26/h4,6-20,23,27-30,32,34-35H,1,5,21-22H2,2-3H3/t23?,27-,28-,29+,30+,32+/m1/s1. The molecule has 4 rings (SSSR count). The summed E-state index contributed by atoms with van der Waals surface area (Å²) in [5.74, 6) is -0.885. The predicted molar refractivity (Wildman–Crippen MR) is 151 cm³/mol. The van der Waals surface area contributed by atoms with Crippen molar-refractivity contribution in [2.45, 2.75) is 56.6 Å². The Labute approximate surface area is 236 Å². The third kappa shape index (κ3) is 6.35. The first-order chi connectivity index (χ1) is 19.4. The zero-order valence-electron chi connectivity index (χ0n) is 23.0. The molecule has 1 heterocycles. The lowest BCUT2D eigenvalue weighted by molar-refractivity contribution is -0.303. The first-order valence-electron chi connectivity index (χ1n) is 13.7. The Kier molecular flexibility index (Phi) is 10.3. The van der Waals surface area contributed by atoms with Gasteiger partial charge in [-0.15, -0.1) is 6.58 Å². The first-order valence-corrected chi connectivity index (χ1v) is 13.7. The molecule has 0 aliphatic carbocycles. The van der Waals surface area contributed by atoms with Crippen LogP contribution in [0.5, 0.6) is 0 Å². The molecule has 3 aromatic rings. The van der Waals surface area contributed by atoms with Crippen LogP contribution in [-0.4, -0.2) is 60.1 Å². The number of rotatable bonds is 12. The van der Waals surface area contributed by atoms with E-state index in [1.54, 1.807) is 6.92 Å². The summed E-state index contributed by atoms with van der Waals surface area (Å²) in [6.45, 7) is 7.25. The molecule has 0 bridgehead atoms. The topological polar surface area (TPSA) is 94.5 Å². The molecular formula is C33H38O7. The van der Waals surface area contributed by atoms with Gasteiger partial charge in [0.05, 0.1) is 19.1 Å². The number of hydrogen-bond acceptors (Lipinski definition) is 7. The maximum absolute atomic E-state index is 12.6. The molecule has 0 aromatic heterocycles. The molecule has 3 aromatic carbocycles. The van der Waals surface area contributed by atoms with Crippen LogP contribution in [0, 0.1) is 5.92 Å². The Morgan fingerprint density at radius 2 is 1.43 bits per heavy atom.